The van der Waals surface area contributed by atoms with Crippen molar-refractivity contribution in [2.45, 2.75) is 255 Å². The number of rotatable bonds is 42. The van der Waals surface area contributed by atoms with E-state index in [1.54, 1.807) is 6.08 Å². The second-order valence-electron chi connectivity index (χ2n) is 18.2. The van der Waals surface area contributed by atoms with Gasteiger partial charge in [-0.05, 0) is 70.6 Å². The Hall–Kier alpha value is -2.00. The summed E-state index contributed by atoms with van der Waals surface area (Å²) in [4.78, 5) is 23.5. The largest absolute Gasteiger partial charge is 0.472 e. The number of hydrogen-bond acceptors (Lipinski definition) is 11. The number of aliphatic hydroxyl groups excluding tert-OH is 7. The lowest BCUT2D eigenvalue weighted by atomic mass is 9.85. The average molecular weight is 956 g/mol. The highest BCUT2D eigenvalue weighted by atomic mass is 31.2. The quantitative estimate of drug-likeness (QED) is 0.0158. The van der Waals surface area contributed by atoms with E-state index >= 15 is 0 Å². The van der Waals surface area contributed by atoms with E-state index in [1.807, 2.05) is 0 Å². The molecule has 0 bridgehead atoms. The number of allylic oxidation sites excluding steroid dienone is 9. The van der Waals surface area contributed by atoms with Gasteiger partial charge < -0.3 is 46.0 Å². The number of aliphatic hydroxyl groups is 7. The van der Waals surface area contributed by atoms with Crippen LogP contribution in [0.1, 0.15) is 200 Å². The Balaban J connectivity index is 2.51. The van der Waals surface area contributed by atoms with Crippen LogP contribution in [0.4, 0.5) is 0 Å². The van der Waals surface area contributed by atoms with E-state index in [9.17, 15) is 50.0 Å². The van der Waals surface area contributed by atoms with E-state index in [2.05, 4.69) is 67.8 Å². The fourth-order valence-corrected chi connectivity index (χ4v) is 8.87. The summed E-state index contributed by atoms with van der Waals surface area (Å²) in [7, 11) is -5.16. The minimum atomic E-state index is -5.16. The predicted octanol–water partition coefficient (Wildman–Crippen LogP) is 9.65. The van der Waals surface area contributed by atoms with Crippen LogP contribution >= 0.6 is 7.82 Å². The van der Waals surface area contributed by atoms with Crippen molar-refractivity contribution < 1.29 is 59.0 Å². The van der Waals surface area contributed by atoms with Gasteiger partial charge in [0.05, 0.1) is 31.3 Å². The van der Waals surface area contributed by atoms with Gasteiger partial charge in [-0.3, -0.25) is 13.8 Å². The van der Waals surface area contributed by atoms with Gasteiger partial charge in [0.15, 0.2) is 0 Å². The highest BCUT2D eigenvalue weighted by molar-refractivity contribution is 7.47. The molecule has 0 aliphatic heterocycles. The van der Waals surface area contributed by atoms with Crippen LogP contribution in [0.2, 0.25) is 0 Å². The molecule has 384 valence electrons. The average Bonchev–Trinajstić information content (AvgIpc) is 3.29. The Morgan fingerprint density at radius 2 is 0.985 bits per heavy atom. The zero-order chi connectivity index (χ0) is 48.7. The number of phosphoric ester groups is 1. The molecule has 66 heavy (non-hydrogen) atoms. The van der Waals surface area contributed by atoms with Crippen molar-refractivity contribution in [1.29, 1.82) is 0 Å². The van der Waals surface area contributed by atoms with Crippen LogP contribution in [-0.2, 0) is 18.4 Å². The topological polar surface area (TPSA) is 226 Å². The Bertz CT molecular complexity index is 1360. The maximum absolute atomic E-state index is 13.0. The van der Waals surface area contributed by atoms with Crippen LogP contribution in [0.3, 0.4) is 0 Å². The van der Waals surface area contributed by atoms with Gasteiger partial charge in [0.25, 0.3) is 0 Å². The van der Waals surface area contributed by atoms with Crippen LogP contribution in [0.25, 0.3) is 0 Å². The van der Waals surface area contributed by atoms with Crippen molar-refractivity contribution in [1.82, 2.24) is 5.32 Å². The predicted molar refractivity (Wildman–Crippen MR) is 266 cm³/mol. The van der Waals surface area contributed by atoms with Crippen LogP contribution in [-0.4, -0.2) is 108 Å². The van der Waals surface area contributed by atoms with Gasteiger partial charge in [-0.1, -0.05) is 184 Å². The summed E-state index contributed by atoms with van der Waals surface area (Å²) >= 11 is 0. The Kier molecular flexibility index (Phi) is 38.4. The molecule has 14 heteroatoms. The molecule has 1 aliphatic carbocycles. The third kappa shape index (κ3) is 31.9. The van der Waals surface area contributed by atoms with Gasteiger partial charge in [0.1, 0.15) is 36.6 Å². The molecule has 8 unspecified atom stereocenters. The maximum Gasteiger partial charge on any atom is 0.472 e. The van der Waals surface area contributed by atoms with Gasteiger partial charge in [0, 0.05) is 0 Å². The molecule has 1 rings (SSSR count). The summed E-state index contributed by atoms with van der Waals surface area (Å²) in [5.41, 5.74) is 0. The van der Waals surface area contributed by atoms with Crippen LogP contribution < -0.4 is 5.32 Å². The molecular weight excluding hydrogens is 862 g/mol. The van der Waals surface area contributed by atoms with Crippen molar-refractivity contribution in [2.24, 2.45) is 0 Å². The molecule has 0 radical (unpaired) electrons. The lowest BCUT2D eigenvalue weighted by Crippen LogP contribution is -2.64. The highest BCUT2D eigenvalue weighted by Crippen LogP contribution is 2.47. The molecule has 13 nitrogen and oxygen atoms in total. The van der Waals surface area contributed by atoms with E-state index in [1.165, 1.54) is 109 Å². The van der Waals surface area contributed by atoms with Gasteiger partial charge >= 0.3 is 7.82 Å². The minimum absolute atomic E-state index is 0.259. The SMILES string of the molecule is CC/C=C\C/C=C\CCCCCCCCCCCCCCC(O)CC(=O)NC(COP(=O)(O)OC1C(O)C(O)C(O)C(O)C1O)C(O)/C=C/CC/C=C/CC/C=C/CCCCCCCCC. The standard InChI is InChI=1S/C52H94NO12P/c1-3-5-7-9-11-13-15-17-19-21-22-24-25-27-29-31-33-35-37-39-43(54)41-46(56)53-44(42-64-66(62,63)65-52-50(60)48(58)47(57)49(59)51(52)61)45(55)40-38-36-34-32-30-28-26-23-20-18-16-14-12-10-8-6-4-2/h5,7,11,13,20,23,30,32,38,40,43-45,47-52,54-55,57-61H,3-4,6,8-10,12,14-19,21-22,24-29,31,33-37,39,41-42H2,1-2H3,(H,53,56)(H,62,63)/b7-5-,13-11-,23-20+,32-30+,40-38+. The van der Waals surface area contributed by atoms with E-state index in [-0.39, 0.29) is 6.42 Å². The molecule has 0 aromatic rings. The fraction of sp³-hybridized carbons (Fsp3) is 0.788. The number of carbonyl (C=O) groups is 1. The summed E-state index contributed by atoms with van der Waals surface area (Å²) in [6.45, 7) is 3.63. The van der Waals surface area contributed by atoms with Crippen molar-refractivity contribution in [3.05, 3.63) is 60.8 Å². The molecule has 8 atom stereocenters. The fourth-order valence-electron chi connectivity index (χ4n) is 7.90. The van der Waals surface area contributed by atoms with Gasteiger partial charge in [-0.2, -0.15) is 0 Å². The lowest BCUT2D eigenvalue weighted by molar-refractivity contribution is -0.220. The van der Waals surface area contributed by atoms with Crippen LogP contribution in [0.15, 0.2) is 60.8 Å². The summed E-state index contributed by atoms with van der Waals surface area (Å²) in [5.74, 6) is -0.609. The van der Waals surface area contributed by atoms with Crippen molar-refractivity contribution in [3.63, 3.8) is 0 Å². The summed E-state index contributed by atoms with van der Waals surface area (Å²) in [5, 5.41) is 74.6. The first-order chi connectivity index (χ1) is 31.8. The smallest absolute Gasteiger partial charge is 0.393 e. The molecule has 1 aliphatic rings. The first-order valence-corrected chi connectivity index (χ1v) is 27.3. The molecule has 1 amide bonds. The summed E-state index contributed by atoms with van der Waals surface area (Å²) in [6, 6.07) is -1.27. The summed E-state index contributed by atoms with van der Waals surface area (Å²) < 4.78 is 22.9. The third-order valence-corrected chi connectivity index (χ3v) is 13.1. The Morgan fingerprint density at radius 3 is 1.50 bits per heavy atom. The number of nitrogens with one attached hydrogen (secondary N) is 1. The molecule has 0 saturated heterocycles. The van der Waals surface area contributed by atoms with Gasteiger partial charge in [0.2, 0.25) is 5.91 Å². The van der Waals surface area contributed by atoms with Gasteiger partial charge in [-0.25, -0.2) is 4.57 Å². The molecule has 9 N–H and O–H groups in total. The monoisotopic (exact) mass is 956 g/mol. The Labute approximate surface area is 399 Å². The lowest BCUT2D eigenvalue weighted by Gasteiger charge is -2.41. The zero-order valence-electron chi connectivity index (χ0n) is 40.8. The Morgan fingerprint density at radius 1 is 0.561 bits per heavy atom. The first kappa shape index (κ1) is 62.0. The molecule has 0 aromatic carbocycles. The van der Waals surface area contributed by atoms with E-state index < -0.39 is 75.2 Å². The third-order valence-electron chi connectivity index (χ3n) is 12.1. The van der Waals surface area contributed by atoms with Crippen molar-refractivity contribution >= 4 is 13.7 Å². The second kappa shape index (κ2) is 40.8. The van der Waals surface area contributed by atoms with E-state index in [4.69, 9.17) is 9.05 Å². The molecule has 1 saturated carbocycles. The van der Waals surface area contributed by atoms with E-state index in [0.717, 1.165) is 57.8 Å². The van der Waals surface area contributed by atoms with Gasteiger partial charge in [-0.15, -0.1) is 0 Å². The normalized spacial score (nSPS) is 22.9. The van der Waals surface area contributed by atoms with Crippen LogP contribution in [0.5, 0.6) is 0 Å². The molecule has 0 aromatic heterocycles. The zero-order valence-corrected chi connectivity index (χ0v) is 41.7. The molecule has 0 heterocycles. The maximum atomic E-state index is 13.0. The summed E-state index contributed by atoms with van der Waals surface area (Å²) in [6.07, 6.45) is 37.3. The molecular formula is C52H94NO12P. The number of amides is 1. The van der Waals surface area contributed by atoms with Crippen molar-refractivity contribution in [2.75, 3.05) is 6.61 Å². The van der Waals surface area contributed by atoms with Crippen molar-refractivity contribution in [3.8, 4) is 0 Å². The number of unbranched alkanes of at least 4 members (excludes halogenated alkanes) is 21. The van der Waals surface area contributed by atoms with Crippen LogP contribution in [0, 0.1) is 0 Å². The number of carbonyl (C=O) groups excluding carboxylic acids is 1. The minimum Gasteiger partial charge on any atom is -0.393 e. The highest BCUT2D eigenvalue weighted by Gasteiger charge is 2.51. The number of phosphoric acid groups is 1. The second-order valence-corrected chi connectivity index (χ2v) is 19.6. The van der Waals surface area contributed by atoms with E-state index in [0.29, 0.717) is 19.3 Å². The number of hydrogen-bond donors (Lipinski definition) is 9. The molecule has 0 spiro atoms. The molecule has 1 fully saturated rings. The first-order valence-electron chi connectivity index (χ1n) is 25.8.